The molecule has 0 heterocycles. The molecule has 0 fully saturated rings. The molecular weight excluding hydrogens is 219 g/mol. The molecule has 0 bridgehead atoms. The van der Waals surface area contributed by atoms with Gasteiger partial charge < -0.3 is 15.4 Å². The Labute approximate surface area is 102 Å². The lowest BCUT2D eigenvalue weighted by molar-refractivity contribution is 0.199. The van der Waals surface area contributed by atoms with E-state index in [0.717, 1.165) is 38.3 Å². The maximum atomic E-state index is 13.0. The smallest absolute Gasteiger partial charge is 0.126 e. The molecule has 96 valence electrons. The highest BCUT2D eigenvalue weighted by Crippen LogP contribution is 2.08. The molecule has 0 saturated carbocycles. The van der Waals surface area contributed by atoms with Gasteiger partial charge in [0.2, 0.25) is 0 Å². The van der Waals surface area contributed by atoms with Crippen LogP contribution >= 0.6 is 0 Å². The summed E-state index contributed by atoms with van der Waals surface area (Å²) in [6, 6.07) is 5.21. The Hall–Kier alpha value is -0.970. The lowest BCUT2D eigenvalue weighted by Crippen LogP contribution is -2.29. The van der Waals surface area contributed by atoms with Gasteiger partial charge in [-0.3, -0.25) is 0 Å². The van der Waals surface area contributed by atoms with Crippen LogP contribution in [0.5, 0.6) is 0 Å². The van der Waals surface area contributed by atoms with Crippen molar-refractivity contribution in [3.8, 4) is 0 Å². The fourth-order valence-electron chi connectivity index (χ4n) is 1.53. The quantitative estimate of drug-likeness (QED) is 0.675. The minimum Gasteiger partial charge on any atom is -0.383 e. The van der Waals surface area contributed by atoms with E-state index < -0.39 is 0 Å². The first kappa shape index (κ1) is 14.1. The summed E-state index contributed by atoms with van der Waals surface area (Å²) in [6.45, 7) is 5.95. The third-order valence-corrected chi connectivity index (χ3v) is 2.51. The van der Waals surface area contributed by atoms with Gasteiger partial charge in [0, 0.05) is 33.3 Å². The van der Waals surface area contributed by atoms with Gasteiger partial charge in [0.15, 0.2) is 0 Å². The molecule has 3 nitrogen and oxygen atoms in total. The molecule has 17 heavy (non-hydrogen) atoms. The van der Waals surface area contributed by atoms with E-state index in [2.05, 4.69) is 10.6 Å². The predicted molar refractivity (Wildman–Crippen MR) is 67.6 cm³/mol. The summed E-state index contributed by atoms with van der Waals surface area (Å²) in [5.74, 6) is -0.144. The van der Waals surface area contributed by atoms with Crippen molar-refractivity contribution >= 4 is 0 Å². The SMILES string of the molecule is COCCNCCNCc1ccc(F)c(C)c1. The number of hydrogen-bond acceptors (Lipinski definition) is 3. The molecule has 1 rings (SSSR count). The van der Waals surface area contributed by atoms with Gasteiger partial charge in [-0.15, -0.1) is 0 Å². The first-order chi connectivity index (χ1) is 8.24. The Morgan fingerprint density at radius 3 is 2.65 bits per heavy atom. The summed E-state index contributed by atoms with van der Waals surface area (Å²) in [6.07, 6.45) is 0. The zero-order valence-electron chi connectivity index (χ0n) is 10.6. The van der Waals surface area contributed by atoms with E-state index in [-0.39, 0.29) is 5.82 Å². The van der Waals surface area contributed by atoms with Crippen LogP contribution in [0.4, 0.5) is 4.39 Å². The van der Waals surface area contributed by atoms with Crippen LogP contribution in [0.25, 0.3) is 0 Å². The molecule has 4 heteroatoms. The maximum Gasteiger partial charge on any atom is 0.126 e. The Bertz CT molecular complexity index is 331. The molecule has 0 atom stereocenters. The van der Waals surface area contributed by atoms with Gasteiger partial charge in [-0.05, 0) is 24.1 Å². The minimum absolute atomic E-state index is 0.144. The van der Waals surface area contributed by atoms with Gasteiger partial charge in [-0.1, -0.05) is 12.1 Å². The normalized spacial score (nSPS) is 10.8. The molecule has 0 unspecified atom stereocenters. The lowest BCUT2D eigenvalue weighted by Gasteiger charge is -2.07. The molecule has 2 N–H and O–H groups in total. The summed E-state index contributed by atoms with van der Waals surface area (Å²) in [4.78, 5) is 0. The Morgan fingerprint density at radius 2 is 1.94 bits per heavy atom. The van der Waals surface area contributed by atoms with Gasteiger partial charge in [-0.2, -0.15) is 0 Å². The molecule has 0 aliphatic rings. The standard InChI is InChI=1S/C13H21FN2O/c1-11-9-12(3-4-13(11)14)10-16-6-5-15-7-8-17-2/h3-4,9,15-16H,5-8,10H2,1-2H3. The fourth-order valence-corrected chi connectivity index (χ4v) is 1.53. The van der Waals surface area contributed by atoms with Crippen molar-refractivity contribution in [1.29, 1.82) is 0 Å². The highest BCUT2D eigenvalue weighted by molar-refractivity contribution is 5.23. The molecular formula is C13H21FN2O. The van der Waals surface area contributed by atoms with Crippen LogP contribution in [0, 0.1) is 12.7 Å². The van der Waals surface area contributed by atoms with Gasteiger partial charge in [-0.25, -0.2) is 4.39 Å². The summed E-state index contributed by atoms with van der Waals surface area (Å²) in [7, 11) is 1.69. The molecule has 0 radical (unpaired) electrons. The van der Waals surface area contributed by atoms with E-state index in [4.69, 9.17) is 4.74 Å². The summed E-state index contributed by atoms with van der Waals surface area (Å²) >= 11 is 0. The number of halogens is 1. The average Bonchev–Trinajstić information content (AvgIpc) is 2.32. The van der Waals surface area contributed by atoms with Crippen LogP contribution in [0.3, 0.4) is 0 Å². The lowest BCUT2D eigenvalue weighted by atomic mass is 10.1. The van der Waals surface area contributed by atoms with Crippen LogP contribution in [0.1, 0.15) is 11.1 Å². The predicted octanol–water partition coefficient (Wildman–Crippen LogP) is 1.46. The number of nitrogens with one attached hydrogen (secondary N) is 2. The molecule has 0 aliphatic carbocycles. The van der Waals surface area contributed by atoms with Crippen molar-refractivity contribution in [2.24, 2.45) is 0 Å². The Morgan fingerprint density at radius 1 is 1.18 bits per heavy atom. The summed E-state index contributed by atoms with van der Waals surface area (Å²) in [5.41, 5.74) is 1.81. The van der Waals surface area contributed by atoms with E-state index in [9.17, 15) is 4.39 Å². The number of hydrogen-bond donors (Lipinski definition) is 2. The minimum atomic E-state index is -0.144. The van der Waals surface area contributed by atoms with Crippen LogP contribution in [-0.2, 0) is 11.3 Å². The van der Waals surface area contributed by atoms with Crippen molar-refractivity contribution < 1.29 is 9.13 Å². The van der Waals surface area contributed by atoms with Crippen molar-refractivity contribution in [2.45, 2.75) is 13.5 Å². The zero-order valence-corrected chi connectivity index (χ0v) is 10.6. The van der Waals surface area contributed by atoms with Gasteiger partial charge >= 0.3 is 0 Å². The number of rotatable bonds is 8. The van der Waals surface area contributed by atoms with Crippen LogP contribution in [-0.4, -0.2) is 33.4 Å². The first-order valence-corrected chi connectivity index (χ1v) is 5.89. The largest absolute Gasteiger partial charge is 0.383 e. The van der Waals surface area contributed by atoms with E-state index in [1.807, 2.05) is 12.1 Å². The molecule has 0 saturated heterocycles. The third-order valence-electron chi connectivity index (χ3n) is 2.51. The van der Waals surface area contributed by atoms with E-state index >= 15 is 0 Å². The van der Waals surface area contributed by atoms with Crippen molar-refractivity contribution in [3.63, 3.8) is 0 Å². The highest BCUT2D eigenvalue weighted by Gasteiger charge is 1.98. The third kappa shape index (κ3) is 5.77. The molecule has 0 aromatic heterocycles. The van der Waals surface area contributed by atoms with Gasteiger partial charge in [0.1, 0.15) is 5.82 Å². The topological polar surface area (TPSA) is 33.3 Å². The zero-order chi connectivity index (χ0) is 12.5. The fraction of sp³-hybridized carbons (Fsp3) is 0.538. The van der Waals surface area contributed by atoms with Gasteiger partial charge in [0.05, 0.1) is 6.61 Å². The second-order valence-corrected chi connectivity index (χ2v) is 4.00. The number of methoxy groups -OCH3 is 1. The molecule has 0 spiro atoms. The summed E-state index contributed by atoms with van der Waals surface area (Å²) in [5, 5.41) is 6.55. The van der Waals surface area contributed by atoms with Crippen molar-refractivity contribution in [3.05, 3.63) is 35.1 Å². The average molecular weight is 240 g/mol. The molecule has 0 amide bonds. The van der Waals surface area contributed by atoms with E-state index in [1.165, 1.54) is 6.07 Å². The molecule has 0 aliphatic heterocycles. The van der Waals surface area contributed by atoms with Crippen molar-refractivity contribution in [1.82, 2.24) is 10.6 Å². The van der Waals surface area contributed by atoms with Crippen LogP contribution < -0.4 is 10.6 Å². The monoisotopic (exact) mass is 240 g/mol. The number of aryl methyl sites for hydroxylation is 1. The molecule has 1 aromatic carbocycles. The number of ether oxygens (including phenoxy) is 1. The second kappa shape index (κ2) is 8.17. The molecule has 1 aromatic rings. The van der Waals surface area contributed by atoms with Crippen molar-refractivity contribution in [2.75, 3.05) is 33.4 Å². The highest BCUT2D eigenvalue weighted by atomic mass is 19.1. The Kier molecular flexibility index (Phi) is 6.77. The van der Waals surface area contributed by atoms with Crippen LogP contribution in [0.15, 0.2) is 18.2 Å². The maximum absolute atomic E-state index is 13.0. The first-order valence-electron chi connectivity index (χ1n) is 5.89. The summed E-state index contributed by atoms with van der Waals surface area (Å²) < 4.78 is 17.9. The van der Waals surface area contributed by atoms with Gasteiger partial charge in [0.25, 0.3) is 0 Å². The van der Waals surface area contributed by atoms with E-state index in [0.29, 0.717) is 5.56 Å². The van der Waals surface area contributed by atoms with E-state index in [1.54, 1.807) is 14.0 Å². The number of benzene rings is 1. The Balaban J connectivity index is 2.11. The second-order valence-electron chi connectivity index (χ2n) is 4.00. The van der Waals surface area contributed by atoms with Crippen LogP contribution in [0.2, 0.25) is 0 Å².